The van der Waals surface area contributed by atoms with Crippen LogP contribution in [0, 0.1) is 5.92 Å². The number of guanidine groups is 1. The molecular formula is C20H34IN3O2. The fraction of sp³-hybridized carbons (Fsp3) is 0.650. The van der Waals surface area contributed by atoms with Crippen molar-refractivity contribution in [2.45, 2.75) is 39.2 Å². The van der Waals surface area contributed by atoms with Crippen LogP contribution in [-0.4, -0.2) is 61.5 Å². The quantitative estimate of drug-likeness (QED) is 0.345. The van der Waals surface area contributed by atoms with E-state index in [0.717, 1.165) is 32.0 Å². The molecule has 0 aromatic heterocycles. The van der Waals surface area contributed by atoms with Crippen LogP contribution in [0.3, 0.4) is 0 Å². The maximum absolute atomic E-state index is 10.1. The summed E-state index contributed by atoms with van der Waals surface area (Å²) >= 11 is 0. The van der Waals surface area contributed by atoms with E-state index in [1.165, 1.54) is 5.56 Å². The Balaban J connectivity index is 0.00000338. The monoisotopic (exact) mass is 475 g/mol. The third-order valence-corrected chi connectivity index (χ3v) is 4.31. The van der Waals surface area contributed by atoms with Crippen LogP contribution in [0.15, 0.2) is 35.3 Å². The fourth-order valence-electron chi connectivity index (χ4n) is 3.06. The Morgan fingerprint density at radius 1 is 1.31 bits per heavy atom. The smallest absolute Gasteiger partial charge is 0.194 e. The van der Waals surface area contributed by atoms with Crippen molar-refractivity contribution >= 4 is 29.9 Å². The maximum Gasteiger partial charge on any atom is 0.194 e. The number of nitrogens with one attached hydrogen (secondary N) is 1. The first-order valence-corrected chi connectivity index (χ1v) is 9.44. The third-order valence-electron chi connectivity index (χ3n) is 4.31. The van der Waals surface area contributed by atoms with E-state index >= 15 is 0 Å². The lowest BCUT2D eigenvalue weighted by atomic mass is 9.99. The molecule has 0 radical (unpaired) electrons. The van der Waals surface area contributed by atoms with Gasteiger partial charge in [-0.3, -0.25) is 4.99 Å². The lowest BCUT2D eigenvalue weighted by molar-refractivity contribution is 0.0300. The number of benzene rings is 1. The zero-order chi connectivity index (χ0) is 18.1. The minimum Gasteiger partial charge on any atom is -0.389 e. The van der Waals surface area contributed by atoms with Crippen molar-refractivity contribution in [1.82, 2.24) is 10.2 Å². The van der Waals surface area contributed by atoms with Gasteiger partial charge in [-0.1, -0.05) is 44.2 Å². The lowest BCUT2D eigenvalue weighted by Gasteiger charge is -2.22. The molecule has 2 unspecified atom stereocenters. The largest absolute Gasteiger partial charge is 0.389 e. The zero-order valence-electron chi connectivity index (χ0n) is 16.2. The van der Waals surface area contributed by atoms with Crippen molar-refractivity contribution in [2.24, 2.45) is 10.9 Å². The molecule has 2 atom stereocenters. The molecule has 1 aliphatic rings. The van der Waals surface area contributed by atoms with Gasteiger partial charge in [0.25, 0.3) is 0 Å². The molecule has 1 saturated heterocycles. The number of ether oxygens (including phenoxy) is 1. The van der Waals surface area contributed by atoms with Crippen molar-refractivity contribution in [2.75, 3.05) is 39.4 Å². The van der Waals surface area contributed by atoms with Crippen LogP contribution in [0.2, 0.25) is 0 Å². The highest BCUT2D eigenvalue weighted by Gasteiger charge is 2.26. The van der Waals surface area contributed by atoms with Crippen molar-refractivity contribution < 1.29 is 9.84 Å². The molecule has 0 spiro atoms. The van der Waals surface area contributed by atoms with Crippen molar-refractivity contribution in [1.29, 1.82) is 0 Å². The molecule has 0 bridgehead atoms. The molecule has 148 valence electrons. The first-order chi connectivity index (χ1) is 12.1. The normalized spacial score (nSPS) is 18.7. The maximum atomic E-state index is 10.1. The molecule has 2 rings (SSSR count). The summed E-state index contributed by atoms with van der Waals surface area (Å²) in [5.74, 6) is 1.92. The second-order valence-corrected chi connectivity index (χ2v) is 7.12. The number of aliphatic hydroxyl groups excluding tert-OH is 1. The fourth-order valence-corrected chi connectivity index (χ4v) is 3.06. The van der Waals surface area contributed by atoms with Gasteiger partial charge in [-0.25, -0.2) is 0 Å². The summed E-state index contributed by atoms with van der Waals surface area (Å²) in [7, 11) is 0. The number of aliphatic imine (C=N–C) groups is 1. The van der Waals surface area contributed by atoms with Gasteiger partial charge in [-0.05, 0) is 24.8 Å². The van der Waals surface area contributed by atoms with E-state index in [0.29, 0.717) is 31.6 Å². The highest BCUT2D eigenvalue weighted by molar-refractivity contribution is 14.0. The number of rotatable bonds is 8. The highest BCUT2D eigenvalue weighted by atomic mass is 127. The van der Waals surface area contributed by atoms with Gasteiger partial charge in [0.1, 0.15) is 0 Å². The Morgan fingerprint density at radius 3 is 2.69 bits per heavy atom. The van der Waals surface area contributed by atoms with Crippen LogP contribution in [-0.2, 0) is 4.74 Å². The Kier molecular flexibility index (Phi) is 11.2. The number of hydrogen-bond acceptors (Lipinski definition) is 3. The van der Waals surface area contributed by atoms with Gasteiger partial charge < -0.3 is 20.1 Å². The van der Waals surface area contributed by atoms with Gasteiger partial charge in [-0.15, -0.1) is 24.0 Å². The summed E-state index contributed by atoms with van der Waals surface area (Å²) < 4.78 is 5.50. The molecule has 1 aromatic rings. The SMILES string of the molecule is CCNC(=NCC(O)COCC(C)C)N1CCC(c2ccccc2)C1.I. The molecule has 6 heteroatoms. The topological polar surface area (TPSA) is 57.1 Å². The van der Waals surface area contributed by atoms with Gasteiger partial charge >= 0.3 is 0 Å². The predicted molar refractivity (Wildman–Crippen MR) is 118 cm³/mol. The van der Waals surface area contributed by atoms with Crippen LogP contribution in [0.4, 0.5) is 0 Å². The van der Waals surface area contributed by atoms with Crippen molar-refractivity contribution in [3.05, 3.63) is 35.9 Å². The second-order valence-electron chi connectivity index (χ2n) is 7.12. The molecule has 1 aromatic carbocycles. The standard InChI is InChI=1S/C20H33N3O2.HI/c1-4-21-20(22-12-19(24)15-25-14-16(2)3)23-11-10-18(13-23)17-8-6-5-7-9-17;/h5-9,16,18-19,24H,4,10-15H2,1-3H3,(H,21,22);1H. The minimum atomic E-state index is -0.556. The number of hydrogen-bond donors (Lipinski definition) is 2. The van der Waals surface area contributed by atoms with Crippen LogP contribution < -0.4 is 5.32 Å². The number of likely N-dealkylation sites (tertiary alicyclic amines) is 1. The molecule has 0 aliphatic carbocycles. The van der Waals surface area contributed by atoms with Gasteiger partial charge in [-0.2, -0.15) is 0 Å². The molecule has 0 amide bonds. The van der Waals surface area contributed by atoms with Gasteiger partial charge in [0, 0.05) is 32.2 Å². The molecule has 1 aliphatic heterocycles. The van der Waals surface area contributed by atoms with Crippen LogP contribution in [0.5, 0.6) is 0 Å². The Bertz CT molecular complexity index is 525. The van der Waals surface area contributed by atoms with Crippen LogP contribution in [0.25, 0.3) is 0 Å². The average Bonchev–Trinajstić information content (AvgIpc) is 3.09. The first kappa shape index (κ1) is 23.2. The van der Waals surface area contributed by atoms with Gasteiger partial charge in [0.05, 0.1) is 19.3 Å². The molecule has 2 N–H and O–H groups in total. The van der Waals surface area contributed by atoms with Crippen LogP contribution >= 0.6 is 24.0 Å². The summed E-state index contributed by atoms with van der Waals surface area (Å²) in [6, 6.07) is 10.7. The summed E-state index contributed by atoms with van der Waals surface area (Å²) in [6.45, 7) is 10.4. The average molecular weight is 475 g/mol. The van der Waals surface area contributed by atoms with E-state index in [-0.39, 0.29) is 24.0 Å². The van der Waals surface area contributed by atoms with Crippen molar-refractivity contribution in [3.63, 3.8) is 0 Å². The van der Waals surface area contributed by atoms with Crippen molar-refractivity contribution in [3.8, 4) is 0 Å². The molecule has 5 nitrogen and oxygen atoms in total. The zero-order valence-corrected chi connectivity index (χ0v) is 18.6. The lowest BCUT2D eigenvalue weighted by Crippen LogP contribution is -2.40. The number of aliphatic hydroxyl groups is 1. The summed E-state index contributed by atoms with van der Waals surface area (Å²) in [5.41, 5.74) is 1.39. The molecule has 1 heterocycles. The molecular weight excluding hydrogens is 441 g/mol. The number of nitrogens with zero attached hydrogens (tertiary/aromatic N) is 2. The Hall–Kier alpha value is -0.860. The summed E-state index contributed by atoms with van der Waals surface area (Å²) in [4.78, 5) is 6.92. The van der Waals surface area contributed by atoms with E-state index in [2.05, 4.69) is 66.3 Å². The second kappa shape index (κ2) is 12.5. The Morgan fingerprint density at radius 2 is 2.04 bits per heavy atom. The van der Waals surface area contributed by atoms with Crippen LogP contribution in [0.1, 0.15) is 38.7 Å². The van der Waals surface area contributed by atoms with E-state index in [1.54, 1.807) is 0 Å². The summed E-state index contributed by atoms with van der Waals surface area (Å²) in [5, 5.41) is 13.4. The third kappa shape index (κ3) is 7.80. The summed E-state index contributed by atoms with van der Waals surface area (Å²) in [6.07, 6.45) is 0.578. The minimum absolute atomic E-state index is 0. The van der Waals surface area contributed by atoms with E-state index in [4.69, 9.17) is 4.74 Å². The Labute approximate surface area is 175 Å². The molecule has 26 heavy (non-hydrogen) atoms. The molecule has 0 saturated carbocycles. The van der Waals surface area contributed by atoms with E-state index in [1.807, 2.05) is 0 Å². The van der Waals surface area contributed by atoms with E-state index < -0.39 is 6.10 Å². The van der Waals surface area contributed by atoms with Gasteiger partial charge in [0.2, 0.25) is 0 Å². The first-order valence-electron chi connectivity index (χ1n) is 9.44. The van der Waals surface area contributed by atoms with Gasteiger partial charge in [0.15, 0.2) is 5.96 Å². The predicted octanol–water partition coefficient (Wildman–Crippen LogP) is 3.09. The van der Waals surface area contributed by atoms with E-state index in [9.17, 15) is 5.11 Å². The highest BCUT2D eigenvalue weighted by Crippen LogP contribution is 2.26. The molecule has 1 fully saturated rings. The number of halogens is 1.